The van der Waals surface area contributed by atoms with E-state index in [9.17, 15) is 4.79 Å². The summed E-state index contributed by atoms with van der Waals surface area (Å²) in [5, 5.41) is 2.72. The molecule has 0 atom stereocenters. The molecule has 0 bridgehead atoms. The predicted molar refractivity (Wildman–Crippen MR) is 65.3 cm³/mol. The number of hydrogen-bond acceptors (Lipinski definition) is 3. The lowest BCUT2D eigenvalue weighted by Crippen LogP contribution is -2.25. The Morgan fingerprint density at radius 1 is 1.40 bits per heavy atom. The number of halogens is 1. The molecule has 3 nitrogen and oxygen atoms in total. The zero-order valence-electron chi connectivity index (χ0n) is 7.87. The molecule has 1 aromatic carbocycles. The first-order valence-corrected chi connectivity index (χ1v) is 6.23. The summed E-state index contributed by atoms with van der Waals surface area (Å²) in [6.45, 7) is 0.274. The van der Waals surface area contributed by atoms with Crippen LogP contribution >= 0.6 is 27.7 Å². The Labute approximate surface area is 100 Å². The van der Waals surface area contributed by atoms with Gasteiger partial charge in [0.2, 0.25) is 5.91 Å². The van der Waals surface area contributed by atoms with E-state index in [0.717, 1.165) is 10.3 Å². The van der Waals surface area contributed by atoms with Gasteiger partial charge >= 0.3 is 0 Å². The first-order chi connectivity index (χ1) is 7.24. The number of carbonyl (C=O) groups excluding carboxylic acids is 1. The number of rotatable bonds is 3. The normalized spacial score (nSPS) is 15.0. The highest BCUT2D eigenvalue weighted by Gasteiger charge is 2.12. The molecule has 15 heavy (non-hydrogen) atoms. The van der Waals surface area contributed by atoms with Crippen LogP contribution in [-0.2, 0) is 4.79 Å². The Kier molecular flexibility index (Phi) is 3.43. The Hall–Kier alpha value is -0.810. The SMILES string of the molecule is O=C1CN=C(CSc2ccc(Br)cc2)N1. The number of amides is 1. The molecule has 0 saturated heterocycles. The summed E-state index contributed by atoms with van der Waals surface area (Å²) in [6, 6.07) is 8.06. The Morgan fingerprint density at radius 2 is 2.13 bits per heavy atom. The van der Waals surface area contributed by atoms with E-state index in [2.05, 4.69) is 26.2 Å². The summed E-state index contributed by atoms with van der Waals surface area (Å²) in [6.07, 6.45) is 0. The lowest BCUT2D eigenvalue weighted by molar-refractivity contribution is -0.117. The highest BCUT2D eigenvalue weighted by Crippen LogP contribution is 2.20. The minimum atomic E-state index is -0.0126. The molecule has 1 aliphatic rings. The number of nitrogens with zero attached hydrogens (tertiary/aromatic N) is 1. The fourth-order valence-corrected chi connectivity index (χ4v) is 2.23. The number of benzene rings is 1. The van der Waals surface area contributed by atoms with E-state index in [-0.39, 0.29) is 12.5 Å². The number of hydrogen-bond donors (Lipinski definition) is 1. The monoisotopic (exact) mass is 284 g/mol. The molecule has 1 heterocycles. The van der Waals surface area contributed by atoms with Crippen molar-refractivity contribution in [3.05, 3.63) is 28.7 Å². The topological polar surface area (TPSA) is 41.5 Å². The molecule has 1 N–H and O–H groups in total. The van der Waals surface area contributed by atoms with Crippen molar-refractivity contribution in [1.82, 2.24) is 5.32 Å². The predicted octanol–water partition coefficient (Wildman–Crippen LogP) is 2.07. The Balaban J connectivity index is 1.88. The molecular weight excluding hydrogens is 276 g/mol. The highest BCUT2D eigenvalue weighted by molar-refractivity contribution is 9.10. The van der Waals surface area contributed by atoms with Gasteiger partial charge in [0.25, 0.3) is 0 Å². The summed E-state index contributed by atoms with van der Waals surface area (Å²) in [5.41, 5.74) is 0. The first kappa shape index (κ1) is 10.7. The van der Waals surface area contributed by atoms with Gasteiger partial charge in [0.1, 0.15) is 12.4 Å². The standard InChI is InChI=1S/C10H9BrN2OS/c11-7-1-3-8(4-2-7)15-6-9-12-5-10(14)13-9/h1-4H,5-6H2,(H,12,13,14). The van der Waals surface area contributed by atoms with E-state index in [4.69, 9.17) is 0 Å². The van der Waals surface area contributed by atoms with Gasteiger partial charge in [0.05, 0.1) is 5.75 Å². The third kappa shape index (κ3) is 3.07. The maximum absolute atomic E-state index is 10.9. The van der Waals surface area contributed by atoms with Crippen molar-refractivity contribution >= 4 is 39.4 Å². The van der Waals surface area contributed by atoms with Crippen LogP contribution in [0.25, 0.3) is 0 Å². The number of aliphatic imine (C=N–C) groups is 1. The third-order valence-corrected chi connectivity index (χ3v) is 3.44. The van der Waals surface area contributed by atoms with E-state index < -0.39 is 0 Å². The van der Waals surface area contributed by atoms with E-state index >= 15 is 0 Å². The van der Waals surface area contributed by atoms with Gasteiger partial charge in [-0.25, -0.2) is 0 Å². The summed E-state index contributed by atoms with van der Waals surface area (Å²) in [5.74, 6) is 1.47. The van der Waals surface area contributed by atoms with Crippen molar-refractivity contribution in [2.75, 3.05) is 12.3 Å². The van der Waals surface area contributed by atoms with E-state index in [1.54, 1.807) is 11.8 Å². The summed E-state index contributed by atoms with van der Waals surface area (Å²) >= 11 is 5.04. The van der Waals surface area contributed by atoms with Crippen molar-refractivity contribution in [2.24, 2.45) is 4.99 Å². The number of amidine groups is 1. The minimum absolute atomic E-state index is 0.0126. The van der Waals surface area contributed by atoms with Gasteiger partial charge in [-0.05, 0) is 24.3 Å². The summed E-state index contributed by atoms with van der Waals surface area (Å²) in [4.78, 5) is 16.1. The molecular formula is C10H9BrN2OS. The van der Waals surface area contributed by atoms with Gasteiger partial charge in [-0.15, -0.1) is 11.8 Å². The lowest BCUT2D eigenvalue weighted by Gasteiger charge is -2.01. The fourth-order valence-electron chi connectivity index (χ4n) is 1.17. The van der Waals surface area contributed by atoms with E-state index in [0.29, 0.717) is 5.75 Å². The average Bonchev–Trinajstić information content (AvgIpc) is 2.64. The maximum atomic E-state index is 10.9. The molecule has 0 saturated carbocycles. The third-order valence-electron chi connectivity index (χ3n) is 1.89. The van der Waals surface area contributed by atoms with Crippen LogP contribution in [0.3, 0.4) is 0 Å². The number of nitrogens with one attached hydrogen (secondary N) is 1. The van der Waals surface area contributed by atoms with Gasteiger partial charge in [0, 0.05) is 9.37 Å². The zero-order chi connectivity index (χ0) is 10.7. The van der Waals surface area contributed by atoms with Crippen molar-refractivity contribution in [3.8, 4) is 0 Å². The maximum Gasteiger partial charge on any atom is 0.247 e. The molecule has 0 radical (unpaired) electrons. The average molecular weight is 285 g/mol. The van der Waals surface area contributed by atoms with Gasteiger partial charge in [-0.2, -0.15) is 0 Å². The van der Waals surface area contributed by atoms with Crippen molar-refractivity contribution in [1.29, 1.82) is 0 Å². The van der Waals surface area contributed by atoms with Gasteiger partial charge in [-0.1, -0.05) is 15.9 Å². The second kappa shape index (κ2) is 4.81. The van der Waals surface area contributed by atoms with Crippen molar-refractivity contribution < 1.29 is 4.79 Å². The molecule has 1 aromatic rings. The summed E-state index contributed by atoms with van der Waals surface area (Å²) in [7, 11) is 0. The second-order valence-electron chi connectivity index (χ2n) is 3.05. The van der Waals surface area contributed by atoms with Crippen LogP contribution in [0.15, 0.2) is 38.6 Å². The minimum Gasteiger partial charge on any atom is -0.312 e. The fraction of sp³-hybridized carbons (Fsp3) is 0.200. The summed E-state index contributed by atoms with van der Waals surface area (Å²) < 4.78 is 1.07. The molecule has 0 spiro atoms. The van der Waals surface area contributed by atoms with E-state index in [1.807, 2.05) is 24.3 Å². The molecule has 0 fully saturated rings. The first-order valence-electron chi connectivity index (χ1n) is 4.45. The van der Waals surface area contributed by atoms with Crippen LogP contribution in [0.2, 0.25) is 0 Å². The van der Waals surface area contributed by atoms with Crippen LogP contribution in [0.4, 0.5) is 0 Å². The van der Waals surface area contributed by atoms with E-state index in [1.165, 1.54) is 4.90 Å². The zero-order valence-corrected chi connectivity index (χ0v) is 10.3. The second-order valence-corrected chi connectivity index (χ2v) is 5.02. The number of thioether (sulfide) groups is 1. The molecule has 0 unspecified atom stereocenters. The van der Waals surface area contributed by atoms with Crippen LogP contribution < -0.4 is 5.32 Å². The molecule has 5 heteroatoms. The van der Waals surface area contributed by atoms with Gasteiger partial charge < -0.3 is 5.32 Å². The van der Waals surface area contributed by atoms with Gasteiger partial charge in [-0.3, -0.25) is 9.79 Å². The van der Waals surface area contributed by atoms with Crippen molar-refractivity contribution in [3.63, 3.8) is 0 Å². The molecule has 2 rings (SSSR count). The molecule has 1 aliphatic heterocycles. The largest absolute Gasteiger partial charge is 0.312 e. The Bertz CT molecular complexity index is 402. The quantitative estimate of drug-likeness (QED) is 0.864. The van der Waals surface area contributed by atoms with Crippen LogP contribution in [0, 0.1) is 0 Å². The van der Waals surface area contributed by atoms with Crippen LogP contribution in [0.1, 0.15) is 0 Å². The van der Waals surface area contributed by atoms with Crippen LogP contribution in [-0.4, -0.2) is 24.0 Å². The van der Waals surface area contributed by atoms with Gasteiger partial charge in [0.15, 0.2) is 0 Å². The lowest BCUT2D eigenvalue weighted by atomic mass is 10.4. The molecule has 1 amide bonds. The highest BCUT2D eigenvalue weighted by atomic mass is 79.9. The number of carbonyl (C=O) groups is 1. The van der Waals surface area contributed by atoms with Crippen molar-refractivity contribution in [2.45, 2.75) is 4.90 Å². The molecule has 0 aliphatic carbocycles. The molecule has 78 valence electrons. The smallest absolute Gasteiger partial charge is 0.247 e. The Morgan fingerprint density at radius 3 is 2.73 bits per heavy atom. The van der Waals surface area contributed by atoms with Crippen LogP contribution in [0.5, 0.6) is 0 Å². The molecule has 0 aromatic heterocycles.